The van der Waals surface area contributed by atoms with Crippen molar-refractivity contribution in [3.8, 4) is 0 Å². The summed E-state index contributed by atoms with van der Waals surface area (Å²) in [5.74, 6) is -0.229. The van der Waals surface area contributed by atoms with Crippen LogP contribution in [0, 0.1) is 5.82 Å². The molecule has 1 aliphatic rings. The van der Waals surface area contributed by atoms with Crippen LogP contribution in [0.3, 0.4) is 0 Å². The van der Waals surface area contributed by atoms with Crippen LogP contribution >= 0.6 is 15.9 Å². The van der Waals surface area contributed by atoms with Crippen molar-refractivity contribution in [3.05, 3.63) is 63.9 Å². The Hall–Kier alpha value is -1.39. The van der Waals surface area contributed by atoms with E-state index in [9.17, 15) is 4.39 Å². The highest BCUT2D eigenvalue weighted by Crippen LogP contribution is 2.32. The second-order valence-electron chi connectivity index (χ2n) is 5.71. The number of hydrogen-bond acceptors (Lipinski definition) is 2. The molecule has 1 unspecified atom stereocenters. The van der Waals surface area contributed by atoms with Crippen LogP contribution in [0.25, 0.3) is 0 Å². The molecule has 3 rings (SSSR count). The van der Waals surface area contributed by atoms with Crippen molar-refractivity contribution in [2.24, 2.45) is 5.73 Å². The molecule has 2 aromatic rings. The molecule has 0 saturated carbocycles. The lowest BCUT2D eigenvalue weighted by molar-refractivity contribution is 0.416. The fourth-order valence-corrected chi connectivity index (χ4v) is 3.44. The molecule has 0 heterocycles. The Morgan fingerprint density at radius 3 is 2.81 bits per heavy atom. The van der Waals surface area contributed by atoms with Crippen molar-refractivity contribution in [2.45, 2.75) is 24.8 Å². The minimum atomic E-state index is -0.229. The molecular formula is C17H18BrFN2. The number of rotatable bonds is 3. The highest BCUT2D eigenvalue weighted by molar-refractivity contribution is 9.10. The summed E-state index contributed by atoms with van der Waals surface area (Å²) in [7, 11) is 0. The van der Waals surface area contributed by atoms with Gasteiger partial charge in [-0.1, -0.05) is 28.1 Å². The Morgan fingerprint density at radius 1 is 1.19 bits per heavy atom. The van der Waals surface area contributed by atoms with Crippen molar-refractivity contribution < 1.29 is 4.39 Å². The van der Waals surface area contributed by atoms with E-state index in [1.54, 1.807) is 6.07 Å². The molecule has 0 bridgehead atoms. The second-order valence-corrected chi connectivity index (χ2v) is 6.63. The molecule has 3 N–H and O–H groups in total. The maximum absolute atomic E-state index is 13.4. The molecular weight excluding hydrogens is 331 g/mol. The van der Waals surface area contributed by atoms with Crippen LogP contribution < -0.4 is 11.1 Å². The van der Waals surface area contributed by atoms with Crippen molar-refractivity contribution in [2.75, 3.05) is 11.9 Å². The van der Waals surface area contributed by atoms with Gasteiger partial charge in [0.15, 0.2) is 0 Å². The van der Waals surface area contributed by atoms with Crippen molar-refractivity contribution in [1.82, 2.24) is 0 Å². The summed E-state index contributed by atoms with van der Waals surface area (Å²) < 4.78 is 14.5. The summed E-state index contributed by atoms with van der Waals surface area (Å²) in [5, 5.41) is 3.46. The van der Waals surface area contributed by atoms with Gasteiger partial charge >= 0.3 is 0 Å². The van der Waals surface area contributed by atoms with Gasteiger partial charge in [0, 0.05) is 16.7 Å². The van der Waals surface area contributed by atoms with Crippen LogP contribution in [0.2, 0.25) is 0 Å². The Morgan fingerprint density at radius 2 is 2.05 bits per heavy atom. The maximum Gasteiger partial charge on any atom is 0.125 e. The third kappa shape index (κ3) is 3.11. The van der Waals surface area contributed by atoms with Gasteiger partial charge in [-0.05, 0) is 60.7 Å². The Labute approximate surface area is 132 Å². The Kier molecular flexibility index (Phi) is 4.00. The zero-order valence-corrected chi connectivity index (χ0v) is 13.3. The number of aryl methyl sites for hydroxylation is 1. The first-order valence-corrected chi connectivity index (χ1v) is 7.91. The summed E-state index contributed by atoms with van der Waals surface area (Å²) in [4.78, 5) is 0. The molecule has 0 saturated heterocycles. The average Bonchev–Trinajstić information content (AvgIpc) is 2.47. The summed E-state index contributed by atoms with van der Waals surface area (Å²) in [5.41, 5.74) is 9.33. The molecule has 0 fully saturated rings. The van der Waals surface area contributed by atoms with Crippen LogP contribution in [0.5, 0.6) is 0 Å². The lowest BCUT2D eigenvalue weighted by Gasteiger charge is -2.39. The number of halogens is 2. The van der Waals surface area contributed by atoms with E-state index in [0.717, 1.165) is 29.4 Å². The van der Waals surface area contributed by atoms with Crippen LogP contribution in [-0.4, -0.2) is 12.1 Å². The fraction of sp³-hybridized carbons (Fsp3) is 0.294. The topological polar surface area (TPSA) is 38.0 Å². The molecule has 1 atom stereocenters. The van der Waals surface area contributed by atoms with E-state index < -0.39 is 0 Å². The SMILES string of the molecule is NCC1(Nc2cccc(F)c2)CCc2cc(Br)ccc2C1. The van der Waals surface area contributed by atoms with Crippen molar-refractivity contribution >= 4 is 21.6 Å². The minimum Gasteiger partial charge on any atom is -0.378 e. The zero-order chi connectivity index (χ0) is 14.9. The van der Waals surface area contributed by atoms with E-state index in [1.165, 1.54) is 23.3 Å². The van der Waals surface area contributed by atoms with Gasteiger partial charge in [0.2, 0.25) is 0 Å². The first-order valence-electron chi connectivity index (χ1n) is 7.11. The molecule has 110 valence electrons. The van der Waals surface area contributed by atoms with E-state index in [1.807, 2.05) is 6.07 Å². The monoisotopic (exact) mass is 348 g/mol. The summed E-state index contributed by atoms with van der Waals surface area (Å²) in [6.45, 7) is 0.527. The lowest BCUT2D eigenvalue weighted by Crippen LogP contribution is -2.49. The van der Waals surface area contributed by atoms with Gasteiger partial charge in [-0.2, -0.15) is 0 Å². The van der Waals surface area contributed by atoms with E-state index in [4.69, 9.17) is 5.73 Å². The predicted octanol–water partition coefficient (Wildman–Crippen LogP) is 3.89. The highest BCUT2D eigenvalue weighted by atomic mass is 79.9. The van der Waals surface area contributed by atoms with E-state index in [-0.39, 0.29) is 11.4 Å². The van der Waals surface area contributed by atoms with E-state index in [2.05, 4.69) is 39.4 Å². The lowest BCUT2D eigenvalue weighted by atomic mass is 9.77. The van der Waals surface area contributed by atoms with Crippen LogP contribution in [-0.2, 0) is 12.8 Å². The predicted molar refractivity (Wildman–Crippen MR) is 88.0 cm³/mol. The number of fused-ring (bicyclic) bond motifs is 1. The third-order valence-corrected chi connectivity index (χ3v) is 4.69. The Bertz CT molecular complexity index is 659. The largest absolute Gasteiger partial charge is 0.378 e. The quantitative estimate of drug-likeness (QED) is 0.882. The summed E-state index contributed by atoms with van der Waals surface area (Å²) in [6, 6.07) is 13.0. The number of nitrogens with one attached hydrogen (secondary N) is 1. The fourth-order valence-electron chi connectivity index (χ4n) is 3.03. The van der Waals surface area contributed by atoms with Gasteiger partial charge in [0.1, 0.15) is 5.82 Å². The van der Waals surface area contributed by atoms with Crippen LogP contribution in [0.15, 0.2) is 46.9 Å². The first kappa shape index (κ1) is 14.5. The molecule has 0 spiro atoms. The van der Waals surface area contributed by atoms with Gasteiger partial charge < -0.3 is 11.1 Å². The molecule has 1 aliphatic carbocycles. The zero-order valence-electron chi connectivity index (χ0n) is 11.7. The molecule has 2 nitrogen and oxygen atoms in total. The van der Waals surface area contributed by atoms with Crippen LogP contribution in [0.4, 0.5) is 10.1 Å². The van der Waals surface area contributed by atoms with Gasteiger partial charge in [0.25, 0.3) is 0 Å². The molecule has 21 heavy (non-hydrogen) atoms. The molecule has 0 aromatic heterocycles. The number of nitrogens with two attached hydrogens (primary N) is 1. The molecule has 0 amide bonds. The number of hydrogen-bond donors (Lipinski definition) is 2. The molecule has 0 radical (unpaired) electrons. The molecule has 4 heteroatoms. The van der Waals surface area contributed by atoms with Crippen molar-refractivity contribution in [1.29, 1.82) is 0 Å². The summed E-state index contributed by atoms with van der Waals surface area (Å²) >= 11 is 3.52. The maximum atomic E-state index is 13.4. The van der Waals surface area contributed by atoms with E-state index in [0.29, 0.717) is 6.54 Å². The normalized spacial score (nSPS) is 20.9. The van der Waals surface area contributed by atoms with Gasteiger partial charge in [0.05, 0.1) is 5.54 Å². The minimum absolute atomic E-state index is 0.200. The van der Waals surface area contributed by atoms with E-state index >= 15 is 0 Å². The van der Waals surface area contributed by atoms with Gasteiger partial charge in [-0.15, -0.1) is 0 Å². The first-order chi connectivity index (χ1) is 10.1. The van der Waals surface area contributed by atoms with Gasteiger partial charge in [-0.25, -0.2) is 4.39 Å². The average molecular weight is 349 g/mol. The highest BCUT2D eigenvalue weighted by Gasteiger charge is 2.33. The number of anilines is 1. The second kappa shape index (κ2) is 5.78. The van der Waals surface area contributed by atoms with Crippen LogP contribution in [0.1, 0.15) is 17.5 Å². The standard InChI is InChI=1S/C17H18BrFN2/c18-14-5-4-13-10-17(11-20,7-6-12(13)8-14)21-16-3-1-2-15(19)9-16/h1-5,8-9,21H,6-7,10-11,20H2. The number of benzene rings is 2. The molecule has 0 aliphatic heterocycles. The molecule has 2 aromatic carbocycles. The Balaban J connectivity index is 1.87. The smallest absolute Gasteiger partial charge is 0.125 e. The third-order valence-electron chi connectivity index (χ3n) is 4.19. The van der Waals surface area contributed by atoms with Crippen molar-refractivity contribution in [3.63, 3.8) is 0 Å². The van der Waals surface area contributed by atoms with Gasteiger partial charge in [-0.3, -0.25) is 0 Å². The summed E-state index contributed by atoms with van der Waals surface area (Å²) in [6.07, 6.45) is 2.79.